The van der Waals surface area contributed by atoms with Crippen LogP contribution >= 0.6 is 0 Å². The first-order valence-electron chi connectivity index (χ1n) is 16.6. The minimum Gasteiger partial charge on any atom is -0.480 e. The van der Waals surface area contributed by atoms with Gasteiger partial charge in [0, 0.05) is 203 Å². The standard InChI is InChI=1S/3C10H16N2O8.4Nd/c3*13-7(14)3-11(4-8(15)16)1-2-12(5-9(17)18)6-10(19)20;;;;/h3*1-6H2,(H,13,14)(H,15,16)(H,17,18)(H,19,20);;;;. The van der Waals surface area contributed by atoms with Crippen LogP contribution in [0.4, 0.5) is 0 Å². The van der Waals surface area contributed by atoms with Crippen molar-refractivity contribution in [3.63, 3.8) is 0 Å². The van der Waals surface area contributed by atoms with E-state index in [1.807, 2.05) is 0 Å². The SMILES string of the molecule is O=C(O)CN(CCN(CC(=O)O)CC(=O)O)CC(=O)O.O=C(O)CN(CCN(CC(=O)O)CC(=O)O)CC(=O)O.O=C(O)CN(CCN(CC(=O)O)CC(=O)O)CC(=O)O.[Nd].[Nd].[Nd].[Nd]. The van der Waals surface area contributed by atoms with Crippen LogP contribution in [-0.2, 0) is 57.5 Å². The van der Waals surface area contributed by atoms with Gasteiger partial charge >= 0.3 is 71.6 Å². The second kappa shape index (κ2) is 45.6. The summed E-state index contributed by atoms with van der Waals surface area (Å²) in [4.78, 5) is 133. The van der Waals surface area contributed by atoms with Crippen molar-refractivity contribution in [1.29, 1.82) is 0 Å². The Balaban J connectivity index is -0.000000148. The Morgan fingerprint density at radius 2 is 0.250 bits per heavy atom. The van der Waals surface area contributed by atoms with Gasteiger partial charge in [-0.05, 0) is 0 Å². The molecule has 0 unspecified atom stereocenters. The van der Waals surface area contributed by atoms with Crippen LogP contribution in [0.5, 0.6) is 0 Å². The zero-order valence-corrected chi connectivity index (χ0v) is 46.5. The second-order valence-electron chi connectivity index (χ2n) is 12.0. The molecule has 358 valence electrons. The molecule has 0 amide bonds. The van der Waals surface area contributed by atoms with Crippen molar-refractivity contribution in [3.05, 3.63) is 0 Å². The summed E-state index contributed by atoms with van der Waals surface area (Å²) in [6, 6.07) is 0. The van der Waals surface area contributed by atoms with Crippen LogP contribution in [-0.4, -0.2) is 280 Å². The Morgan fingerprint density at radius 3 is 0.297 bits per heavy atom. The van der Waals surface area contributed by atoms with Crippen LogP contribution < -0.4 is 0 Å². The van der Waals surface area contributed by atoms with E-state index in [9.17, 15) is 57.5 Å². The maximum Gasteiger partial charge on any atom is 0.317 e. The Kier molecular flexibility index (Phi) is 54.9. The molecule has 12 N–H and O–H groups in total. The molecule has 0 aromatic heterocycles. The largest absolute Gasteiger partial charge is 0.480 e. The third-order valence-corrected chi connectivity index (χ3v) is 6.50. The van der Waals surface area contributed by atoms with Gasteiger partial charge < -0.3 is 61.3 Å². The fourth-order valence-electron chi connectivity index (χ4n) is 4.43. The summed E-state index contributed by atoms with van der Waals surface area (Å²) < 4.78 is 0. The van der Waals surface area contributed by atoms with E-state index in [1.165, 1.54) is 0 Å². The molecule has 0 rings (SSSR count). The molecule has 34 heteroatoms. The van der Waals surface area contributed by atoms with E-state index >= 15 is 0 Å². The summed E-state index contributed by atoms with van der Waals surface area (Å²) in [5.41, 5.74) is 0. The van der Waals surface area contributed by atoms with Gasteiger partial charge in [0.25, 0.3) is 0 Å². The number of hydrogen-bond donors (Lipinski definition) is 12. The summed E-state index contributed by atoms with van der Waals surface area (Å²) >= 11 is 0. The third kappa shape index (κ3) is 56.9. The predicted molar refractivity (Wildman–Crippen MR) is 190 cm³/mol. The molecule has 0 fully saturated rings. The zero-order chi connectivity index (χ0) is 47.1. The fraction of sp³-hybridized carbons (Fsp3) is 0.600. The number of nitrogens with zero attached hydrogens (tertiary/aromatic N) is 6. The number of hydrogen-bond acceptors (Lipinski definition) is 18. The number of carbonyl (C=O) groups is 12. The molecule has 0 atom stereocenters. The molecule has 0 saturated carbocycles. The molecular formula is C30H48N6Nd4O24. The van der Waals surface area contributed by atoms with Gasteiger partial charge in [-0.25, -0.2) is 0 Å². The van der Waals surface area contributed by atoms with Crippen LogP contribution in [0.25, 0.3) is 0 Å². The molecule has 0 saturated heterocycles. The Labute approximate surface area is 493 Å². The van der Waals surface area contributed by atoms with Crippen LogP contribution in [0.3, 0.4) is 0 Å². The van der Waals surface area contributed by atoms with E-state index in [4.69, 9.17) is 61.3 Å². The molecule has 0 heterocycles. The molecule has 0 bridgehead atoms. The molecular weight excluding hydrogens is 1410 g/mol. The van der Waals surface area contributed by atoms with Crippen molar-refractivity contribution in [2.24, 2.45) is 0 Å². The van der Waals surface area contributed by atoms with Crippen LogP contribution in [0.1, 0.15) is 0 Å². The molecule has 0 aliphatic rings. The van der Waals surface area contributed by atoms with Gasteiger partial charge in [0.05, 0.1) is 78.5 Å². The first-order chi connectivity index (χ1) is 27.6. The summed E-state index contributed by atoms with van der Waals surface area (Å²) in [6.07, 6.45) is 0. The van der Waals surface area contributed by atoms with Crippen molar-refractivity contribution in [1.82, 2.24) is 29.4 Å². The van der Waals surface area contributed by atoms with Gasteiger partial charge in [-0.3, -0.25) is 86.9 Å². The van der Waals surface area contributed by atoms with Gasteiger partial charge in [0.2, 0.25) is 0 Å². The monoisotopic (exact) mass is 1440 g/mol. The quantitative estimate of drug-likeness (QED) is 0.0291. The van der Waals surface area contributed by atoms with Crippen molar-refractivity contribution < 1.29 is 282 Å². The Hall–Kier alpha value is -1.20. The summed E-state index contributed by atoms with van der Waals surface area (Å²) in [7, 11) is 0. The number of aliphatic carboxylic acids is 12. The first-order valence-corrected chi connectivity index (χ1v) is 16.6. The van der Waals surface area contributed by atoms with Gasteiger partial charge in [0.1, 0.15) is 0 Å². The van der Waals surface area contributed by atoms with E-state index in [0.717, 1.165) is 29.4 Å². The minimum atomic E-state index is -1.23. The number of rotatable bonds is 33. The van der Waals surface area contributed by atoms with Crippen LogP contribution in [0.15, 0.2) is 0 Å². The predicted octanol–water partition coefficient (Wildman–Crippen LogP) is -6.21. The smallest absolute Gasteiger partial charge is 0.317 e. The summed E-state index contributed by atoms with van der Waals surface area (Å²) in [5, 5.41) is 103. The average molecular weight is 1450 g/mol. The van der Waals surface area contributed by atoms with Gasteiger partial charge in [0.15, 0.2) is 0 Å². The third-order valence-electron chi connectivity index (χ3n) is 6.50. The maximum absolute atomic E-state index is 10.6. The van der Waals surface area contributed by atoms with Gasteiger partial charge in [-0.2, -0.15) is 0 Å². The second-order valence-corrected chi connectivity index (χ2v) is 12.0. The first kappa shape index (κ1) is 77.0. The molecule has 64 heavy (non-hydrogen) atoms. The maximum atomic E-state index is 10.6. The van der Waals surface area contributed by atoms with Crippen LogP contribution in [0.2, 0.25) is 0 Å². The summed E-state index contributed by atoms with van der Waals surface area (Å²) in [6.45, 7) is -6.75. The van der Waals surface area contributed by atoms with Crippen LogP contribution in [0, 0.1) is 163 Å². The average Bonchev–Trinajstić information content (AvgIpc) is 3.02. The summed E-state index contributed by atoms with van der Waals surface area (Å²) in [5.74, 6) is -14.7. The normalized spacial score (nSPS) is 10.0. The van der Waals surface area contributed by atoms with E-state index < -0.39 is 150 Å². The topological polar surface area (TPSA) is 467 Å². The molecule has 0 radical (unpaired) electrons. The van der Waals surface area contributed by atoms with Crippen molar-refractivity contribution in [2.45, 2.75) is 0 Å². The van der Waals surface area contributed by atoms with E-state index in [1.54, 1.807) is 0 Å². The van der Waals surface area contributed by atoms with E-state index in [-0.39, 0.29) is 203 Å². The Morgan fingerprint density at radius 1 is 0.188 bits per heavy atom. The van der Waals surface area contributed by atoms with Crippen molar-refractivity contribution in [2.75, 3.05) is 118 Å². The number of carboxylic acids is 12. The Bertz CT molecular complexity index is 1140. The molecule has 30 nitrogen and oxygen atoms in total. The zero-order valence-electron chi connectivity index (χ0n) is 33.7. The molecule has 0 aliphatic carbocycles. The van der Waals surface area contributed by atoms with E-state index in [2.05, 4.69) is 0 Å². The molecule has 0 aromatic carbocycles. The van der Waals surface area contributed by atoms with Crippen molar-refractivity contribution >= 4 is 71.6 Å². The fourth-order valence-corrected chi connectivity index (χ4v) is 4.43. The van der Waals surface area contributed by atoms with Gasteiger partial charge in [-0.15, -0.1) is 0 Å². The molecule has 0 aliphatic heterocycles. The molecule has 0 spiro atoms. The minimum absolute atomic E-state index is 0. The van der Waals surface area contributed by atoms with Gasteiger partial charge in [-0.1, -0.05) is 0 Å². The number of carboxylic acid groups (broad SMARTS) is 12. The molecule has 0 aromatic rings. The van der Waals surface area contributed by atoms with E-state index in [0.29, 0.717) is 0 Å². The van der Waals surface area contributed by atoms with Crippen molar-refractivity contribution in [3.8, 4) is 0 Å².